The van der Waals surface area contributed by atoms with Crippen LogP contribution in [0.25, 0.3) is 20.3 Å². The molecule has 2 heterocycles. The highest BCUT2D eigenvalue weighted by atomic mass is 79.9. The molecular formula is C22H21BrClN3OS2. The van der Waals surface area contributed by atoms with Gasteiger partial charge in [0.2, 0.25) is 0 Å². The summed E-state index contributed by atoms with van der Waals surface area (Å²) in [6.07, 6.45) is 0. The number of hydrogen-bond acceptors (Lipinski definition) is 5. The van der Waals surface area contributed by atoms with E-state index in [-0.39, 0.29) is 5.91 Å². The van der Waals surface area contributed by atoms with E-state index in [0.29, 0.717) is 21.6 Å². The van der Waals surface area contributed by atoms with Gasteiger partial charge >= 0.3 is 0 Å². The van der Waals surface area contributed by atoms with Crippen LogP contribution in [-0.4, -0.2) is 42.0 Å². The van der Waals surface area contributed by atoms with Gasteiger partial charge in [-0.3, -0.25) is 9.69 Å². The number of thiophene rings is 1. The zero-order chi connectivity index (χ0) is 21.3. The molecule has 0 radical (unpaired) electrons. The second kappa shape index (κ2) is 9.32. The molecule has 30 heavy (non-hydrogen) atoms. The van der Waals surface area contributed by atoms with E-state index in [1.807, 2.05) is 42.5 Å². The van der Waals surface area contributed by atoms with E-state index in [9.17, 15) is 4.79 Å². The lowest BCUT2D eigenvalue weighted by Crippen LogP contribution is -2.38. The quantitative estimate of drug-likeness (QED) is 0.264. The van der Waals surface area contributed by atoms with Gasteiger partial charge in [-0.2, -0.15) is 0 Å². The first kappa shape index (κ1) is 21.7. The van der Waals surface area contributed by atoms with E-state index in [1.165, 1.54) is 22.7 Å². The number of carbonyl (C=O) groups excluding carboxylic acids is 1. The van der Waals surface area contributed by atoms with Crippen LogP contribution in [0, 0.1) is 0 Å². The lowest BCUT2D eigenvalue weighted by Gasteiger charge is -2.24. The van der Waals surface area contributed by atoms with Crippen LogP contribution in [0.4, 0.5) is 5.13 Å². The lowest BCUT2D eigenvalue weighted by molar-refractivity contribution is 0.0988. The lowest BCUT2D eigenvalue weighted by atomic mass is 10.2. The molecule has 4 rings (SSSR count). The highest BCUT2D eigenvalue weighted by Crippen LogP contribution is 2.38. The smallest absolute Gasteiger partial charge is 0.271 e. The average molecular weight is 523 g/mol. The molecule has 0 N–H and O–H groups in total. The van der Waals surface area contributed by atoms with E-state index in [2.05, 4.69) is 34.7 Å². The highest BCUT2D eigenvalue weighted by Gasteiger charge is 2.26. The van der Waals surface area contributed by atoms with Crippen LogP contribution in [-0.2, 0) is 0 Å². The van der Waals surface area contributed by atoms with Crippen LogP contribution in [0.5, 0.6) is 0 Å². The van der Waals surface area contributed by atoms with Crippen molar-refractivity contribution in [1.29, 1.82) is 0 Å². The van der Waals surface area contributed by atoms with Crippen molar-refractivity contribution >= 4 is 81.5 Å². The van der Waals surface area contributed by atoms with Gasteiger partial charge in [-0.25, -0.2) is 4.98 Å². The molecule has 2 aromatic carbocycles. The molecule has 2 aromatic heterocycles. The minimum Gasteiger partial charge on any atom is -0.302 e. The number of benzene rings is 2. The van der Waals surface area contributed by atoms with Crippen molar-refractivity contribution in [2.24, 2.45) is 0 Å². The number of nitrogens with zero attached hydrogens (tertiary/aromatic N) is 3. The highest BCUT2D eigenvalue weighted by molar-refractivity contribution is 9.10. The van der Waals surface area contributed by atoms with E-state index >= 15 is 0 Å². The minimum absolute atomic E-state index is 0.0912. The number of thiazole rings is 1. The summed E-state index contributed by atoms with van der Waals surface area (Å²) in [5.41, 5.74) is 0.890. The zero-order valence-electron chi connectivity index (χ0n) is 16.7. The van der Waals surface area contributed by atoms with Crippen LogP contribution in [0.3, 0.4) is 0 Å². The van der Waals surface area contributed by atoms with Gasteiger partial charge in [-0.05, 0) is 37.4 Å². The van der Waals surface area contributed by atoms with Crippen molar-refractivity contribution in [1.82, 2.24) is 9.88 Å². The molecule has 4 aromatic rings. The second-order valence-corrected chi connectivity index (χ2v) is 10.2. The van der Waals surface area contributed by atoms with E-state index in [4.69, 9.17) is 16.6 Å². The van der Waals surface area contributed by atoms with Gasteiger partial charge in [0.25, 0.3) is 5.91 Å². The van der Waals surface area contributed by atoms with Crippen LogP contribution in [0.15, 0.2) is 46.9 Å². The standard InChI is InChI=1S/C22H21BrClN3OS2/c1-3-26(4-2)11-12-27(22-25-16-10-9-14(23)13-18(16)30-22)21(28)20-19(24)15-7-5-6-8-17(15)29-20/h5-10,13H,3-4,11-12H2,1-2H3. The molecule has 0 saturated heterocycles. The fourth-order valence-electron chi connectivity index (χ4n) is 3.34. The maximum Gasteiger partial charge on any atom is 0.271 e. The number of fused-ring (bicyclic) bond motifs is 2. The number of halogens is 2. The first-order chi connectivity index (χ1) is 14.5. The average Bonchev–Trinajstić information content (AvgIpc) is 3.32. The third-order valence-electron chi connectivity index (χ3n) is 5.08. The van der Waals surface area contributed by atoms with Crippen molar-refractivity contribution in [3.63, 3.8) is 0 Å². The van der Waals surface area contributed by atoms with Crippen molar-refractivity contribution < 1.29 is 4.79 Å². The third kappa shape index (κ3) is 4.27. The van der Waals surface area contributed by atoms with Crippen LogP contribution in [0.2, 0.25) is 5.02 Å². The molecule has 0 spiro atoms. The van der Waals surface area contributed by atoms with Crippen molar-refractivity contribution in [2.45, 2.75) is 13.8 Å². The van der Waals surface area contributed by atoms with Crippen LogP contribution >= 0.6 is 50.2 Å². The molecule has 8 heteroatoms. The number of hydrogen-bond donors (Lipinski definition) is 0. The molecule has 0 fully saturated rings. The summed E-state index contributed by atoms with van der Waals surface area (Å²) < 4.78 is 3.06. The van der Waals surface area contributed by atoms with Gasteiger partial charge in [0.05, 0.1) is 15.2 Å². The molecule has 0 aliphatic carbocycles. The summed E-state index contributed by atoms with van der Waals surface area (Å²) in [6, 6.07) is 13.8. The Morgan fingerprint density at radius 2 is 1.83 bits per heavy atom. The molecule has 4 nitrogen and oxygen atoms in total. The predicted octanol–water partition coefficient (Wildman–Crippen LogP) is 6.92. The Labute approximate surface area is 197 Å². The maximum absolute atomic E-state index is 13.7. The Hall–Kier alpha value is -1.51. The van der Waals surface area contributed by atoms with E-state index < -0.39 is 0 Å². The largest absolute Gasteiger partial charge is 0.302 e. The second-order valence-electron chi connectivity index (χ2n) is 6.83. The molecule has 0 atom stereocenters. The first-order valence-corrected chi connectivity index (χ1v) is 12.6. The molecule has 0 saturated carbocycles. The third-order valence-corrected chi connectivity index (χ3v) is 8.28. The predicted molar refractivity (Wildman–Crippen MR) is 134 cm³/mol. The summed E-state index contributed by atoms with van der Waals surface area (Å²) in [5, 5.41) is 2.15. The molecule has 0 unspecified atom stereocenters. The normalized spacial score (nSPS) is 11.6. The topological polar surface area (TPSA) is 36.4 Å². The Balaban J connectivity index is 1.74. The summed E-state index contributed by atoms with van der Waals surface area (Å²) in [6.45, 7) is 7.48. The summed E-state index contributed by atoms with van der Waals surface area (Å²) >= 11 is 13.1. The number of carbonyl (C=O) groups is 1. The van der Waals surface area contributed by atoms with E-state index in [0.717, 1.165) is 44.4 Å². The molecule has 156 valence electrons. The van der Waals surface area contributed by atoms with Crippen molar-refractivity contribution in [3.05, 3.63) is 56.8 Å². The zero-order valence-corrected chi connectivity index (χ0v) is 20.7. The van der Waals surface area contributed by atoms with E-state index in [1.54, 1.807) is 4.90 Å². The van der Waals surface area contributed by atoms with Gasteiger partial charge in [0.15, 0.2) is 5.13 Å². The van der Waals surface area contributed by atoms with Gasteiger partial charge in [-0.1, -0.05) is 70.9 Å². The molecule has 0 bridgehead atoms. The summed E-state index contributed by atoms with van der Waals surface area (Å²) in [7, 11) is 0. The molecular weight excluding hydrogens is 502 g/mol. The Bertz CT molecular complexity index is 1200. The minimum atomic E-state index is -0.0912. The van der Waals surface area contributed by atoms with Gasteiger partial charge in [0, 0.05) is 27.6 Å². The fraction of sp³-hybridized carbons (Fsp3) is 0.273. The number of rotatable bonds is 7. The molecule has 0 aliphatic rings. The van der Waals surface area contributed by atoms with Crippen molar-refractivity contribution in [3.8, 4) is 0 Å². The number of aromatic nitrogens is 1. The van der Waals surface area contributed by atoms with Gasteiger partial charge < -0.3 is 4.90 Å². The number of anilines is 1. The maximum atomic E-state index is 13.7. The Morgan fingerprint density at radius 1 is 1.07 bits per heavy atom. The first-order valence-electron chi connectivity index (χ1n) is 9.79. The SMILES string of the molecule is CCN(CC)CCN(C(=O)c1sc2ccccc2c1Cl)c1nc2ccc(Br)cc2s1. The molecule has 0 aliphatic heterocycles. The molecule has 1 amide bonds. The number of amides is 1. The summed E-state index contributed by atoms with van der Waals surface area (Å²) in [5.74, 6) is -0.0912. The van der Waals surface area contributed by atoms with Gasteiger partial charge in [0.1, 0.15) is 4.88 Å². The Kier molecular flexibility index (Phi) is 6.75. The Morgan fingerprint density at radius 3 is 2.57 bits per heavy atom. The van der Waals surface area contributed by atoms with Gasteiger partial charge in [-0.15, -0.1) is 11.3 Å². The number of likely N-dealkylation sites (N-methyl/N-ethyl adjacent to an activating group) is 1. The van der Waals surface area contributed by atoms with Crippen molar-refractivity contribution in [2.75, 3.05) is 31.1 Å². The van der Waals surface area contributed by atoms with Crippen LogP contribution < -0.4 is 4.90 Å². The fourth-order valence-corrected chi connectivity index (χ4v) is 6.34. The summed E-state index contributed by atoms with van der Waals surface area (Å²) in [4.78, 5) is 23.1. The monoisotopic (exact) mass is 521 g/mol. The van der Waals surface area contributed by atoms with Crippen LogP contribution in [0.1, 0.15) is 23.5 Å².